The van der Waals surface area contributed by atoms with Crippen molar-refractivity contribution in [1.29, 1.82) is 0 Å². The van der Waals surface area contributed by atoms with Crippen LogP contribution in [0.15, 0.2) is 122 Å². The minimum Gasteiger partial charge on any atom is -0.308 e. The van der Waals surface area contributed by atoms with Crippen molar-refractivity contribution in [2.24, 2.45) is 0 Å². The fourth-order valence-corrected chi connectivity index (χ4v) is 5.75. The molecule has 0 spiro atoms. The van der Waals surface area contributed by atoms with Gasteiger partial charge in [-0.2, -0.15) is 0 Å². The quantitative estimate of drug-likeness (QED) is 0.216. The van der Waals surface area contributed by atoms with E-state index in [9.17, 15) is 0 Å². The van der Waals surface area contributed by atoms with E-state index in [0.29, 0.717) is 5.92 Å². The lowest BCUT2D eigenvalue weighted by molar-refractivity contribution is 0.962. The number of aromatic nitrogens is 2. The predicted molar refractivity (Wildman–Crippen MR) is 163 cm³/mol. The van der Waals surface area contributed by atoms with Gasteiger partial charge in [0, 0.05) is 17.3 Å². The van der Waals surface area contributed by atoms with E-state index in [1.54, 1.807) is 0 Å². The molecule has 3 aromatic carbocycles. The molecule has 1 unspecified atom stereocenters. The Bertz CT molecular complexity index is 1790. The van der Waals surface area contributed by atoms with Gasteiger partial charge in [-0.25, -0.2) is 0 Å². The van der Waals surface area contributed by atoms with E-state index in [0.717, 1.165) is 23.1 Å². The van der Waals surface area contributed by atoms with Crippen LogP contribution < -0.4 is 0 Å². The minimum absolute atomic E-state index is 0.300. The molecule has 0 radical (unpaired) electrons. The molecule has 0 amide bonds. The molecule has 1 aliphatic carbocycles. The maximum Gasteiger partial charge on any atom is 0.0963 e. The molecule has 1 atom stereocenters. The summed E-state index contributed by atoms with van der Waals surface area (Å²) >= 11 is 0. The molecule has 0 saturated carbocycles. The molecule has 2 aromatic heterocycles. The average molecular weight is 493 g/mol. The number of nitrogens with zero attached hydrogens (tertiary/aromatic N) is 2. The van der Waals surface area contributed by atoms with Crippen molar-refractivity contribution in [2.45, 2.75) is 33.1 Å². The van der Waals surface area contributed by atoms with Gasteiger partial charge in [0.05, 0.1) is 16.6 Å². The fourth-order valence-electron chi connectivity index (χ4n) is 5.75. The largest absolute Gasteiger partial charge is 0.308 e. The molecule has 1 aliphatic rings. The number of fused-ring (bicyclic) bond motifs is 3. The first-order valence-electron chi connectivity index (χ1n) is 13.3. The number of rotatable bonds is 6. The van der Waals surface area contributed by atoms with Gasteiger partial charge in [0.15, 0.2) is 0 Å². The Morgan fingerprint density at radius 1 is 0.921 bits per heavy atom. The third-order valence-corrected chi connectivity index (χ3v) is 7.81. The van der Waals surface area contributed by atoms with E-state index in [1.165, 1.54) is 49.9 Å². The normalized spacial score (nSPS) is 14.3. The van der Waals surface area contributed by atoms with Gasteiger partial charge in [0.1, 0.15) is 0 Å². The lowest BCUT2D eigenvalue weighted by Crippen LogP contribution is -1.97. The lowest BCUT2D eigenvalue weighted by atomic mass is 9.91. The van der Waals surface area contributed by atoms with Crippen LogP contribution in [0.3, 0.4) is 0 Å². The van der Waals surface area contributed by atoms with Crippen LogP contribution in [0.25, 0.3) is 44.3 Å². The molecule has 0 aliphatic heterocycles. The van der Waals surface area contributed by atoms with Crippen LogP contribution in [0.4, 0.5) is 0 Å². The fraction of sp³-hybridized carbons (Fsp3) is 0.139. The zero-order chi connectivity index (χ0) is 26.2. The Kier molecular flexibility index (Phi) is 6.17. The van der Waals surface area contributed by atoms with E-state index >= 15 is 0 Å². The molecule has 0 saturated heterocycles. The second-order valence-corrected chi connectivity index (χ2v) is 10.2. The Labute approximate surface area is 225 Å². The zero-order valence-corrected chi connectivity index (χ0v) is 22.3. The minimum atomic E-state index is 0.300. The van der Waals surface area contributed by atoms with Gasteiger partial charge in [0.2, 0.25) is 0 Å². The van der Waals surface area contributed by atoms with Crippen molar-refractivity contribution in [2.75, 3.05) is 0 Å². The topological polar surface area (TPSA) is 17.8 Å². The smallest absolute Gasteiger partial charge is 0.0963 e. The van der Waals surface area contributed by atoms with Crippen molar-refractivity contribution < 1.29 is 0 Å². The third kappa shape index (κ3) is 4.03. The molecule has 2 nitrogen and oxygen atoms in total. The van der Waals surface area contributed by atoms with Gasteiger partial charge in [-0.3, -0.25) is 4.98 Å². The molecule has 5 aromatic rings. The van der Waals surface area contributed by atoms with Crippen LogP contribution in [0.1, 0.15) is 42.9 Å². The maximum atomic E-state index is 4.84. The Balaban J connectivity index is 1.52. The van der Waals surface area contributed by atoms with Crippen LogP contribution in [0.5, 0.6) is 0 Å². The van der Waals surface area contributed by atoms with Crippen molar-refractivity contribution in [1.82, 2.24) is 9.55 Å². The molecule has 6 rings (SSSR count). The van der Waals surface area contributed by atoms with E-state index in [1.807, 2.05) is 24.4 Å². The van der Waals surface area contributed by atoms with Crippen LogP contribution in [0, 0.1) is 6.92 Å². The average Bonchev–Trinajstić information content (AvgIpc) is 3.52. The monoisotopic (exact) mass is 492 g/mol. The Hall–Kier alpha value is -4.43. The third-order valence-electron chi connectivity index (χ3n) is 7.81. The first-order chi connectivity index (χ1) is 18.6. The second kappa shape index (κ2) is 9.79. The van der Waals surface area contributed by atoms with Crippen LogP contribution in [-0.4, -0.2) is 9.55 Å². The molecule has 0 N–H and O–H groups in total. The maximum absolute atomic E-state index is 4.84. The molecule has 186 valence electrons. The van der Waals surface area contributed by atoms with Gasteiger partial charge >= 0.3 is 0 Å². The van der Waals surface area contributed by atoms with E-state index < -0.39 is 0 Å². The van der Waals surface area contributed by atoms with Crippen LogP contribution in [0.2, 0.25) is 0 Å². The number of hydrogen-bond donors (Lipinski definition) is 0. The number of pyridine rings is 1. The number of hydrogen-bond acceptors (Lipinski definition) is 1. The Morgan fingerprint density at radius 3 is 2.58 bits per heavy atom. The number of allylic oxidation sites excluding steroid dienone is 7. The summed E-state index contributed by atoms with van der Waals surface area (Å²) < 4.78 is 2.34. The molecule has 0 fully saturated rings. The molecular formula is C36H32N2. The highest BCUT2D eigenvalue weighted by atomic mass is 15.0. The summed E-state index contributed by atoms with van der Waals surface area (Å²) in [4.78, 5) is 4.84. The first-order valence-corrected chi connectivity index (χ1v) is 13.3. The van der Waals surface area contributed by atoms with Gasteiger partial charge < -0.3 is 4.57 Å². The highest BCUT2D eigenvalue weighted by Crippen LogP contribution is 2.38. The van der Waals surface area contributed by atoms with Gasteiger partial charge in [-0.05, 0) is 96.0 Å². The van der Waals surface area contributed by atoms with E-state index in [2.05, 4.69) is 117 Å². The number of benzene rings is 3. The van der Waals surface area contributed by atoms with E-state index in [-0.39, 0.29) is 0 Å². The van der Waals surface area contributed by atoms with Crippen LogP contribution in [-0.2, 0) is 0 Å². The summed E-state index contributed by atoms with van der Waals surface area (Å²) in [6.07, 6.45) is 13.5. The predicted octanol–water partition coefficient (Wildman–Crippen LogP) is 9.73. The van der Waals surface area contributed by atoms with Gasteiger partial charge in [-0.1, -0.05) is 85.9 Å². The Morgan fingerprint density at radius 2 is 1.76 bits per heavy atom. The molecular weight excluding hydrogens is 460 g/mol. The summed E-state index contributed by atoms with van der Waals surface area (Å²) in [5.41, 5.74) is 13.7. The molecule has 38 heavy (non-hydrogen) atoms. The summed E-state index contributed by atoms with van der Waals surface area (Å²) in [5, 5.41) is 1.17. The zero-order valence-electron chi connectivity index (χ0n) is 22.3. The van der Waals surface area contributed by atoms with Crippen molar-refractivity contribution in [3.63, 3.8) is 0 Å². The first kappa shape index (κ1) is 23.9. The lowest BCUT2D eigenvalue weighted by Gasteiger charge is -2.14. The van der Waals surface area contributed by atoms with Crippen molar-refractivity contribution in [3.8, 4) is 16.8 Å². The summed E-state index contributed by atoms with van der Waals surface area (Å²) in [5.74, 6) is 0.300. The summed E-state index contributed by atoms with van der Waals surface area (Å²) in [6.45, 7) is 10.5. The molecule has 2 heteroatoms. The molecule has 2 heterocycles. The second-order valence-electron chi connectivity index (χ2n) is 10.2. The SMILES string of the molecule is C=C/C=C\C(C)c1cccc(-n2c3ccc(-c4cccc(C5=C(C)CC=C5)c4C)cc3c3ncccc32)c1. The van der Waals surface area contributed by atoms with Crippen LogP contribution >= 0.6 is 0 Å². The highest BCUT2D eigenvalue weighted by molar-refractivity contribution is 6.08. The molecule has 0 bridgehead atoms. The highest BCUT2D eigenvalue weighted by Gasteiger charge is 2.17. The van der Waals surface area contributed by atoms with E-state index in [4.69, 9.17) is 4.98 Å². The summed E-state index contributed by atoms with van der Waals surface area (Å²) in [6, 6.07) is 26.5. The summed E-state index contributed by atoms with van der Waals surface area (Å²) in [7, 11) is 0. The van der Waals surface area contributed by atoms with Gasteiger partial charge in [-0.15, -0.1) is 0 Å². The standard InChI is InChI=1S/C36H32N2/c1-5-6-11-24(2)27-13-8-14-29(22-27)38-34-20-19-28(23-33(34)36-35(38)18-10-21-37-36)31-16-9-17-32(26(31)4)30-15-7-12-25(30)3/h5-11,13-24H,1,12H2,2-4H3/b11-6-. The van der Waals surface area contributed by atoms with Gasteiger partial charge in [0.25, 0.3) is 0 Å². The van der Waals surface area contributed by atoms with Crippen molar-refractivity contribution in [3.05, 3.63) is 138 Å². The van der Waals surface area contributed by atoms with Crippen molar-refractivity contribution >= 4 is 27.5 Å².